The number of nitrogens with zero attached hydrogens (tertiary/aromatic N) is 1. The van der Waals surface area contributed by atoms with E-state index in [1.54, 1.807) is 0 Å². The predicted octanol–water partition coefficient (Wildman–Crippen LogP) is 0.235. The van der Waals surface area contributed by atoms with E-state index in [2.05, 4.69) is 0 Å². The molecule has 21 heavy (non-hydrogen) atoms. The van der Waals surface area contributed by atoms with Crippen LogP contribution in [0.1, 0.15) is 23.2 Å². The van der Waals surface area contributed by atoms with Crippen LogP contribution >= 0.6 is 0 Å². The fourth-order valence-corrected chi connectivity index (χ4v) is 2.58. The number of halogens is 1. The second-order valence-corrected chi connectivity index (χ2v) is 4.90. The molecular formula is C14H16FN3O3. The van der Waals surface area contributed by atoms with Crippen molar-refractivity contribution in [1.29, 1.82) is 0 Å². The lowest BCUT2D eigenvalue weighted by Gasteiger charge is -2.37. The molecule has 6 nitrogen and oxygen atoms in total. The van der Waals surface area contributed by atoms with Crippen LogP contribution in [-0.4, -0.2) is 35.6 Å². The van der Waals surface area contributed by atoms with Crippen LogP contribution in [-0.2, 0) is 9.59 Å². The van der Waals surface area contributed by atoms with Crippen molar-refractivity contribution in [3.05, 3.63) is 35.6 Å². The monoisotopic (exact) mass is 293 g/mol. The van der Waals surface area contributed by atoms with E-state index >= 15 is 0 Å². The van der Waals surface area contributed by atoms with Crippen molar-refractivity contribution in [3.63, 3.8) is 0 Å². The third-order valence-electron chi connectivity index (χ3n) is 3.62. The summed E-state index contributed by atoms with van der Waals surface area (Å²) in [7, 11) is 0. The highest BCUT2D eigenvalue weighted by atomic mass is 19.1. The molecule has 1 aromatic rings. The molecule has 0 aromatic heterocycles. The molecule has 1 heterocycles. The lowest BCUT2D eigenvalue weighted by atomic mass is 9.89. The van der Waals surface area contributed by atoms with E-state index in [4.69, 9.17) is 5.84 Å². The summed E-state index contributed by atoms with van der Waals surface area (Å²) in [6.45, 7) is 0.346. The number of hydrogen-bond acceptors (Lipinski definition) is 4. The number of aldehydes is 1. The van der Waals surface area contributed by atoms with E-state index in [-0.39, 0.29) is 5.56 Å². The van der Waals surface area contributed by atoms with Crippen molar-refractivity contribution >= 4 is 18.1 Å². The van der Waals surface area contributed by atoms with Crippen LogP contribution in [0.4, 0.5) is 4.39 Å². The van der Waals surface area contributed by atoms with Gasteiger partial charge in [0.15, 0.2) is 0 Å². The molecule has 1 unspecified atom stereocenters. The molecule has 0 radical (unpaired) electrons. The van der Waals surface area contributed by atoms with Gasteiger partial charge in [-0.2, -0.15) is 0 Å². The Morgan fingerprint density at radius 1 is 1.33 bits per heavy atom. The second kappa shape index (κ2) is 6.45. The van der Waals surface area contributed by atoms with Gasteiger partial charge in [0.05, 0.1) is 0 Å². The number of benzene rings is 1. The summed E-state index contributed by atoms with van der Waals surface area (Å²) in [4.78, 5) is 36.8. The van der Waals surface area contributed by atoms with Crippen LogP contribution in [0.15, 0.2) is 24.3 Å². The standard InChI is InChI=1S/C14H16FN3O3/c15-11-5-3-9(4-6-11)14(21)18-7-1-2-10(8-19)12(18)13(20)17-16/h3-6,8,10,12H,1-2,7,16H2,(H,17,20)/t10-,12?/m1/s1. The quantitative estimate of drug-likeness (QED) is 0.361. The summed E-state index contributed by atoms with van der Waals surface area (Å²) in [6.07, 6.45) is 1.81. The van der Waals surface area contributed by atoms with Crippen molar-refractivity contribution in [2.45, 2.75) is 18.9 Å². The normalized spacial score (nSPS) is 21.7. The molecule has 1 aliphatic rings. The first-order valence-electron chi connectivity index (χ1n) is 6.60. The van der Waals surface area contributed by atoms with Gasteiger partial charge in [-0.1, -0.05) is 0 Å². The van der Waals surface area contributed by atoms with Gasteiger partial charge in [-0.05, 0) is 37.1 Å². The van der Waals surface area contributed by atoms with E-state index in [1.165, 1.54) is 29.2 Å². The first-order chi connectivity index (χ1) is 10.1. The number of nitrogens with two attached hydrogens (primary N) is 1. The molecule has 0 spiro atoms. The Hall–Kier alpha value is -2.28. The summed E-state index contributed by atoms with van der Waals surface area (Å²) < 4.78 is 12.9. The molecule has 0 bridgehead atoms. The van der Waals surface area contributed by atoms with Gasteiger partial charge in [-0.3, -0.25) is 15.0 Å². The Labute approximate surface area is 121 Å². The molecule has 2 atom stereocenters. The lowest BCUT2D eigenvalue weighted by Crippen LogP contribution is -2.57. The molecule has 1 aromatic carbocycles. The van der Waals surface area contributed by atoms with Gasteiger partial charge >= 0.3 is 0 Å². The van der Waals surface area contributed by atoms with Gasteiger partial charge in [0.2, 0.25) is 0 Å². The summed E-state index contributed by atoms with van der Waals surface area (Å²) in [5.41, 5.74) is 2.25. The Morgan fingerprint density at radius 2 is 2.00 bits per heavy atom. The maximum atomic E-state index is 12.9. The topological polar surface area (TPSA) is 92.5 Å². The maximum absolute atomic E-state index is 12.9. The third kappa shape index (κ3) is 3.08. The molecule has 0 aliphatic carbocycles. The van der Waals surface area contributed by atoms with Crippen molar-refractivity contribution in [2.75, 3.05) is 6.54 Å². The zero-order valence-electron chi connectivity index (χ0n) is 11.3. The number of likely N-dealkylation sites (tertiary alicyclic amines) is 1. The van der Waals surface area contributed by atoms with Gasteiger partial charge in [-0.25, -0.2) is 10.2 Å². The molecule has 2 amide bonds. The van der Waals surface area contributed by atoms with Crippen LogP contribution < -0.4 is 11.3 Å². The van der Waals surface area contributed by atoms with Gasteiger partial charge in [-0.15, -0.1) is 0 Å². The highest BCUT2D eigenvalue weighted by Crippen LogP contribution is 2.24. The Kier molecular flexibility index (Phi) is 4.64. The first kappa shape index (κ1) is 15.1. The molecule has 0 saturated carbocycles. The van der Waals surface area contributed by atoms with Crippen LogP contribution in [0.25, 0.3) is 0 Å². The zero-order chi connectivity index (χ0) is 15.4. The number of hydrazine groups is 1. The van der Waals surface area contributed by atoms with Gasteiger partial charge in [0, 0.05) is 18.0 Å². The summed E-state index contributed by atoms with van der Waals surface area (Å²) >= 11 is 0. The minimum absolute atomic E-state index is 0.262. The van der Waals surface area contributed by atoms with E-state index in [0.29, 0.717) is 25.7 Å². The average molecular weight is 293 g/mol. The average Bonchev–Trinajstić information content (AvgIpc) is 2.53. The molecule has 1 aliphatic heterocycles. The Bertz CT molecular complexity index is 547. The fourth-order valence-electron chi connectivity index (χ4n) is 2.58. The van der Waals surface area contributed by atoms with E-state index in [1.807, 2.05) is 5.43 Å². The first-order valence-corrected chi connectivity index (χ1v) is 6.60. The third-order valence-corrected chi connectivity index (χ3v) is 3.62. The van der Waals surface area contributed by atoms with Crippen LogP contribution in [0, 0.1) is 11.7 Å². The van der Waals surface area contributed by atoms with E-state index in [9.17, 15) is 18.8 Å². The molecule has 1 fully saturated rings. The van der Waals surface area contributed by atoms with Gasteiger partial charge < -0.3 is 9.69 Å². The highest BCUT2D eigenvalue weighted by Gasteiger charge is 2.39. The van der Waals surface area contributed by atoms with E-state index < -0.39 is 29.6 Å². The SMILES string of the molecule is NNC(=O)C1[C@@H](C=O)CCCN1C(=O)c1ccc(F)cc1. The number of carbonyl (C=O) groups is 3. The molecule has 2 rings (SSSR count). The van der Waals surface area contributed by atoms with Crippen LogP contribution in [0.2, 0.25) is 0 Å². The number of hydrogen-bond donors (Lipinski definition) is 2. The molecule has 112 valence electrons. The molecule has 7 heteroatoms. The number of amides is 2. The predicted molar refractivity (Wildman–Crippen MR) is 72.3 cm³/mol. The van der Waals surface area contributed by atoms with Crippen LogP contribution in [0.5, 0.6) is 0 Å². The number of carbonyl (C=O) groups excluding carboxylic acids is 3. The summed E-state index contributed by atoms with van der Waals surface area (Å²) in [6, 6.07) is 4.11. The largest absolute Gasteiger partial charge is 0.326 e. The second-order valence-electron chi connectivity index (χ2n) is 4.90. The minimum Gasteiger partial charge on any atom is -0.326 e. The fraction of sp³-hybridized carbons (Fsp3) is 0.357. The smallest absolute Gasteiger partial charge is 0.257 e. The summed E-state index contributed by atoms with van der Waals surface area (Å²) in [5, 5.41) is 0. The number of piperidine rings is 1. The van der Waals surface area contributed by atoms with Crippen molar-refractivity contribution in [2.24, 2.45) is 11.8 Å². The maximum Gasteiger partial charge on any atom is 0.257 e. The van der Waals surface area contributed by atoms with Crippen molar-refractivity contribution in [3.8, 4) is 0 Å². The molecule has 1 saturated heterocycles. The number of nitrogens with one attached hydrogen (secondary N) is 1. The Morgan fingerprint density at radius 3 is 2.57 bits per heavy atom. The molecule has 3 N–H and O–H groups in total. The Balaban J connectivity index is 2.29. The van der Waals surface area contributed by atoms with Crippen molar-refractivity contribution in [1.82, 2.24) is 10.3 Å². The van der Waals surface area contributed by atoms with Gasteiger partial charge in [0.25, 0.3) is 11.8 Å². The zero-order valence-corrected chi connectivity index (χ0v) is 11.3. The lowest BCUT2D eigenvalue weighted by molar-refractivity contribution is -0.132. The molecular weight excluding hydrogens is 277 g/mol. The highest BCUT2D eigenvalue weighted by molar-refractivity contribution is 5.98. The van der Waals surface area contributed by atoms with Crippen molar-refractivity contribution < 1.29 is 18.8 Å². The summed E-state index contributed by atoms with van der Waals surface area (Å²) in [5.74, 6) is 3.09. The number of rotatable bonds is 3. The minimum atomic E-state index is -0.932. The van der Waals surface area contributed by atoms with E-state index in [0.717, 1.165) is 0 Å². The van der Waals surface area contributed by atoms with Crippen LogP contribution in [0.3, 0.4) is 0 Å². The van der Waals surface area contributed by atoms with Gasteiger partial charge in [0.1, 0.15) is 18.1 Å².